The Morgan fingerprint density at radius 2 is 2.25 bits per heavy atom. The van der Waals surface area contributed by atoms with Crippen LogP contribution >= 0.6 is 0 Å². The Labute approximate surface area is 72.4 Å². The number of benzene rings is 1. The molecule has 0 bridgehead atoms. The van der Waals surface area contributed by atoms with Crippen molar-refractivity contribution in [1.29, 1.82) is 0 Å². The van der Waals surface area contributed by atoms with Crippen molar-refractivity contribution in [3.8, 4) is 0 Å². The first-order valence-corrected chi connectivity index (χ1v) is 4.24. The van der Waals surface area contributed by atoms with E-state index in [0.29, 0.717) is 5.92 Å². The van der Waals surface area contributed by atoms with Crippen molar-refractivity contribution in [2.75, 3.05) is 0 Å². The van der Waals surface area contributed by atoms with E-state index in [0.717, 1.165) is 5.56 Å². The first-order chi connectivity index (χ1) is 5.83. The van der Waals surface area contributed by atoms with Crippen molar-refractivity contribution in [3.63, 3.8) is 0 Å². The fourth-order valence-electron chi connectivity index (χ4n) is 1.72. The molecule has 1 N–H and O–H groups in total. The van der Waals surface area contributed by atoms with Crippen molar-refractivity contribution in [3.05, 3.63) is 41.0 Å². The van der Waals surface area contributed by atoms with Gasteiger partial charge in [0.1, 0.15) is 0 Å². The molecule has 1 aromatic carbocycles. The molecule has 2 rings (SSSR count). The van der Waals surface area contributed by atoms with E-state index in [1.807, 2.05) is 12.1 Å². The Hall–Kier alpha value is -1.08. The minimum absolute atomic E-state index is 0.139. The van der Waals surface area contributed by atoms with Gasteiger partial charge in [-0.3, -0.25) is 0 Å². The van der Waals surface area contributed by atoms with Gasteiger partial charge < -0.3 is 5.11 Å². The molecule has 1 unspecified atom stereocenters. The standard InChI is InChI=1S/C11H12O/c1-8-5-6-11-9(7-12)3-2-4-10(8)11/h2-6,8,12H,7H2,1H3. The second-order valence-corrected chi connectivity index (χ2v) is 3.23. The lowest BCUT2D eigenvalue weighted by atomic mass is 9.99. The molecule has 0 aliphatic heterocycles. The van der Waals surface area contributed by atoms with Crippen LogP contribution < -0.4 is 0 Å². The molecule has 1 aliphatic rings. The highest BCUT2D eigenvalue weighted by molar-refractivity contribution is 5.65. The van der Waals surface area contributed by atoms with Crippen molar-refractivity contribution in [2.24, 2.45) is 0 Å². The van der Waals surface area contributed by atoms with Gasteiger partial charge in [-0.2, -0.15) is 0 Å². The summed E-state index contributed by atoms with van der Waals surface area (Å²) in [4.78, 5) is 0. The summed E-state index contributed by atoms with van der Waals surface area (Å²) in [5, 5.41) is 9.05. The third-order valence-electron chi connectivity index (χ3n) is 2.44. The molecule has 1 atom stereocenters. The number of fused-ring (bicyclic) bond motifs is 1. The zero-order valence-corrected chi connectivity index (χ0v) is 7.12. The maximum absolute atomic E-state index is 9.05. The smallest absolute Gasteiger partial charge is 0.0687 e. The Morgan fingerprint density at radius 3 is 3.00 bits per heavy atom. The molecule has 0 amide bonds. The van der Waals surface area contributed by atoms with E-state index in [1.54, 1.807) is 0 Å². The van der Waals surface area contributed by atoms with E-state index in [4.69, 9.17) is 5.11 Å². The number of aliphatic hydroxyl groups is 1. The minimum atomic E-state index is 0.139. The molecule has 1 heteroatoms. The minimum Gasteiger partial charge on any atom is -0.392 e. The second kappa shape index (κ2) is 2.76. The largest absolute Gasteiger partial charge is 0.392 e. The fourth-order valence-corrected chi connectivity index (χ4v) is 1.72. The van der Waals surface area contributed by atoms with Crippen LogP contribution in [0.1, 0.15) is 29.5 Å². The maximum atomic E-state index is 9.05. The topological polar surface area (TPSA) is 20.2 Å². The van der Waals surface area contributed by atoms with Gasteiger partial charge >= 0.3 is 0 Å². The van der Waals surface area contributed by atoms with E-state index < -0.39 is 0 Å². The normalized spacial score (nSPS) is 19.7. The van der Waals surface area contributed by atoms with Crippen LogP contribution in [0.15, 0.2) is 24.3 Å². The number of hydrogen-bond donors (Lipinski definition) is 1. The SMILES string of the molecule is CC1C=Cc2c(CO)cccc21. The predicted molar refractivity (Wildman–Crippen MR) is 49.8 cm³/mol. The van der Waals surface area contributed by atoms with Crippen LogP contribution in [-0.2, 0) is 6.61 Å². The van der Waals surface area contributed by atoms with Crippen molar-refractivity contribution in [2.45, 2.75) is 19.4 Å². The summed E-state index contributed by atoms with van der Waals surface area (Å²) in [5.41, 5.74) is 3.59. The lowest BCUT2D eigenvalue weighted by molar-refractivity contribution is 0.281. The Balaban J connectivity index is 2.57. The number of rotatable bonds is 1. The van der Waals surface area contributed by atoms with Crippen LogP contribution in [-0.4, -0.2) is 5.11 Å². The van der Waals surface area contributed by atoms with Gasteiger partial charge in [0.05, 0.1) is 6.61 Å². The van der Waals surface area contributed by atoms with E-state index in [-0.39, 0.29) is 6.61 Å². The van der Waals surface area contributed by atoms with E-state index >= 15 is 0 Å². The highest BCUT2D eigenvalue weighted by atomic mass is 16.3. The molecule has 0 heterocycles. The van der Waals surface area contributed by atoms with Gasteiger partial charge in [0.25, 0.3) is 0 Å². The van der Waals surface area contributed by atoms with Crippen LogP contribution in [0, 0.1) is 0 Å². The first kappa shape index (κ1) is 7.56. The van der Waals surface area contributed by atoms with E-state index in [9.17, 15) is 0 Å². The molecular weight excluding hydrogens is 148 g/mol. The van der Waals surface area contributed by atoms with Gasteiger partial charge in [0.15, 0.2) is 0 Å². The van der Waals surface area contributed by atoms with E-state index in [1.165, 1.54) is 11.1 Å². The average Bonchev–Trinajstić information content (AvgIpc) is 2.48. The third-order valence-corrected chi connectivity index (χ3v) is 2.44. The molecule has 0 aromatic heterocycles. The lowest BCUT2D eigenvalue weighted by Gasteiger charge is -2.07. The molecule has 1 aliphatic carbocycles. The van der Waals surface area contributed by atoms with E-state index in [2.05, 4.69) is 25.1 Å². The molecule has 62 valence electrons. The molecule has 12 heavy (non-hydrogen) atoms. The quantitative estimate of drug-likeness (QED) is 0.668. The Kier molecular flexibility index (Phi) is 1.74. The molecule has 0 saturated carbocycles. The van der Waals surface area contributed by atoms with Gasteiger partial charge in [-0.15, -0.1) is 0 Å². The first-order valence-electron chi connectivity index (χ1n) is 4.24. The number of allylic oxidation sites excluding steroid dienone is 1. The summed E-state index contributed by atoms with van der Waals surface area (Å²) < 4.78 is 0. The predicted octanol–water partition coefficient (Wildman–Crippen LogP) is 2.31. The summed E-state index contributed by atoms with van der Waals surface area (Å²) in [5.74, 6) is 0.506. The summed E-state index contributed by atoms with van der Waals surface area (Å²) in [7, 11) is 0. The Bertz CT molecular complexity index is 326. The third kappa shape index (κ3) is 0.978. The van der Waals surface area contributed by atoms with Crippen LogP contribution in [0.25, 0.3) is 6.08 Å². The van der Waals surface area contributed by atoms with Crippen molar-refractivity contribution >= 4 is 6.08 Å². The van der Waals surface area contributed by atoms with Gasteiger partial charge in [-0.05, 0) is 22.6 Å². The van der Waals surface area contributed by atoms with Crippen molar-refractivity contribution < 1.29 is 5.11 Å². The Morgan fingerprint density at radius 1 is 1.42 bits per heavy atom. The monoisotopic (exact) mass is 160 g/mol. The molecule has 0 radical (unpaired) electrons. The summed E-state index contributed by atoms with van der Waals surface area (Å²) in [6.07, 6.45) is 4.27. The molecule has 1 nitrogen and oxygen atoms in total. The van der Waals surface area contributed by atoms with Crippen LogP contribution in [0.2, 0.25) is 0 Å². The van der Waals surface area contributed by atoms with Crippen LogP contribution in [0.5, 0.6) is 0 Å². The van der Waals surface area contributed by atoms with Crippen LogP contribution in [0.3, 0.4) is 0 Å². The van der Waals surface area contributed by atoms with Gasteiger partial charge in [0.2, 0.25) is 0 Å². The van der Waals surface area contributed by atoms with Gasteiger partial charge in [0, 0.05) is 0 Å². The molecule has 0 spiro atoms. The highest BCUT2D eigenvalue weighted by Gasteiger charge is 2.14. The molecule has 1 aromatic rings. The summed E-state index contributed by atoms with van der Waals surface area (Å²) in [6.45, 7) is 2.31. The second-order valence-electron chi connectivity index (χ2n) is 3.23. The maximum Gasteiger partial charge on any atom is 0.0687 e. The highest BCUT2D eigenvalue weighted by Crippen LogP contribution is 2.31. The fraction of sp³-hybridized carbons (Fsp3) is 0.273. The average molecular weight is 160 g/mol. The number of hydrogen-bond acceptors (Lipinski definition) is 1. The molecule has 0 fully saturated rings. The summed E-state index contributed by atoms with van der Waals surface area (Å²) in [6, 6.07) is 6.11. The number of aliphatic hydroxyl groups excluding tert-OH is 1. The van der Waals surface area contributed by atoms with Crippen molar-refractivity contribution in [1.82, 2.24) is 0 Å². The summed E-state index contributed by atoms with van der Waals surface area (Å²) >= 11 is 0. The zero-order valence-electron chi connectivity index (χ0n) is 7.12. The zero-order chi connectivity index (χ0) is 8.55. The molecular formula is C11H12O. The lowest BCUT2D eigenvalue weighted by Crippen LogP contribution is -1.92. The van der Waals surface area contributed by atoms with Gasteiger partial charge in [-0.1, -0.05) is 37.3 Å². The van der Waals surface area contributed by atoms with Crippen LogP contribution in [0.4, 0.5) is 0 Å². The molecule has 0 saturated heterocycles. The van der Waals surface area contributed by atoms with Gasteiger partial charge in [-0.25, -0.2) is 0 Å².